The van der Waals surface area contributed by atoms with Crippen molar-refractivity contribution in [3.8, 4) is 5.88 Å². The van der Waals surface area contributed by atoms with Gasteiger partial charge >= 0.3 is 0 Å². The van der Waals surface area contributed by atoms with Crippen molar-refractivity contribution >= 4 is 34.9 Å². The number of amides is 1. The number of aryl methyl sites for hydroxylation is 2. The van der Waals surface area contributed by atoms with Crippen molar-refractivity contribution in [2.75, 3.05) is 31.6 Å². The molecule has 3 rings (SSSR count). The van der Waals surface area contributed by atoms with Crippen LogP contribution >= 0.6 is 12.4 Å². The van der Waals surface area contributed by atoms with E-state index in [4.69, 9.17) is 4.74 Å². The number of anilines is 1. The maximum absolute atomic E-state index is 13.2. The monoisotopic (exact) mass is 427 g/mol. The summed E-state index contributed by atoms with van der Waals surface area (Å²) in [6, 6.07) is 15.4. The molecule has 0 saturated heterocycles. The van der Waals surface area contributed by atoms with Gasteiger partial charge in [-0.2, -0.15) is 0 Å². The van der Waals surface area contributed by atoms with Gasteiger partial charge in [0, 0.05) is 23.7 Å². The largest absolute Gasteiger partial charge is 0.476 e. The predicted octanol–water partition coefficient (Wildman–Crippen LogP) is 5.25. The quantitative estimate of drug-likeness (QED) is 0.533. The zero-order chi connectivity index (χ0) is 20.8. The van der Waals surface area contributed by atoms with Gasteiger partial charge in [0.25, 0.3) is 5.91 Å². The lowest BCUT2D eigenvalue weighted by atomic mass is 10.1. The summed E-state index contributed by atoms with van der Waals surface area (Å²) in [5.74, 6) is 0.317. The molecule has 0 aliphatic rings. The standard InChI is InChI=1S/C24H29N3O2.ClH/c1-5-27(6-2)14-15-29-22-16-20(19-12-7-8-13-21(19)25-22)24(28)26-23-17(3)10-9-11-18(23)4;/h7-13,16H,5-6,14-15H2,1-4H3,(H,26,28);1H. The van der Waals surface area contributed by atoms with E-state index < -0.39 is 0 Å². The molecule has 1 aromatic heterocycles. The lowest BCUT2D eigenvalue weighted by Gasteiger charge is -2.18. The van der Waals surface area contributed by atoms with Crippen LogP contribution in [-0.2, 0) is 0 Å². The number of benzene rings is 2. The number of hydrogen-bond acceptors (Lipinski definition) is 4. The van der Waals surface area contributed by atoms with Crippen molar-refractivity contribution in [2.45, 2.75) is 27.7 Å². The van der Waals surface area contributed by atoms with Gasteiger partial charge in [0.15, 0.2) is 0 Å². The SMILES string of the molecule is CCN(CC)CCOc1cc(C(=O)Nc2c(C)cccc2C)c2ccccc2n1.Cl. The molecular weight excluding hydrogens is 398 g/mol. The fraction of sp³-hybridized carbons (Fsp3) is 0.333. The number of para-hydroxylation sites is 2. The summed E-state index contributed by atoms with van der Waals surface area (Å²) < 4.78 is 5.90. The third-order valence-corrected chi connectivity index (χ3v) is 5.21. The van der Waals surface area contributed by atoms with Crippen LogP contribution in [0.4, 0.5) is 5.69 Å². The van der Waals surface area contributed by atoms with Crippen LogP contribution in [0.3, 0.4) is 0 Å². The Bertz CT molecular complexity index is 983. The third kappa shape index (κ3) is 5.49. The lowest BCUT2D eigenvalue weighted by molar-refractivity contribution is 0.102. The molecule has 6 heteroatoms. The van der Waals surface area contributed by atoms with Crippen LogP contribution in [0.5, 0.6) is 5.88 Å². The zero-order valence-corrected chi connectivity index (χ0v) is 18.9. The Morgan fingerprint density at radius 1 is 1.03 bits per heavy atom. The van der Waals surface area contributed by atoms with Crippen LogP contribution in [0.15, 0.2) is 48.5 Å². The molecule has 3 aromatic rings. The van der Waals surface area contributed by atoms with E-state index in [1.807, 2.05) is 56.3 Å². The summed E-state index contributed by atoms with van der Waals surface area (Å²) >= 11 is 0. The first kappa shape index (κ1) is 23.6. The number of aromatic nitrogens is 1. The first-order valence-corrected chi connectivity index (χ1v) is 10.2. The highest BCUT2D eigenvalue weighted by molar-refractivity contribution is 6.13. The van der Waals surface area contributed by atoms with Gasteiger partial charge < -0.3 is 15.0 Å². The minimum atomic E-state index is -0.158. The average Bonchev–Trinajstić information content (AvgIpc) is 2.73. The number of rotatable bonds is 8. The molecule has 0 aliphatic heterocycles. The molecule has 0 fully saturated rings. The predicted molar refractivity (Wildman–Crippen MR) is 126 cm³/mol. The first-order valence-electron chi connectivity index (χ1n) is 10.2. The maximum Gasteiger partial charge on any atom is 0.256 e. The van der Waals surface area contributed by atoms with Gasteiger partial charge in [0.05, 0.1) is 11.1 Å². The highest BCUT2D eigenvalue weighted by Gasteiger charge is 2.16. The summed E-state index contributed by atoms with van der Waals surface area (Å²) in [5.41, 5.74) is 4.23. The van der Waals surface area contributed by atoms with E-state index in [0.717, 1.165) is 47.4 Å². The molecule has 1 N–H and O–H groups in total. The smallest absolute Gasteiger partial charge is 0.256 e. The fourth-order valence-corrected chi connectivity index (χ4v) is 3.42. The molecule has 160 valence electrons. The molecule has 2 aromatic carbocycles. The first-order chi connectivity index (χ1) is 14.0. The Balaban J connectivity index is 0.00000320. The minimum absolute atomic E-state index is 0. The Kier molecular flexibility index (Phi) is 8.63. The van der Waals surface area contributed by atoms with Crippen molar-refractivity contribution in [3.63, 3.8) is 0 Å². The average molecular weight is 428 g/mol. The van der Waals surface area contributed by atoms with E-state index in [9.17, 15) is 4.79 Å². The van der Waals surface area contributed by atoms with E-state index in [1.54, 1.807) is 6.07 Å². The number of carbonyl (C=O) groups excluding carboxylic acids is 1. The molecule has 1 heterocycles. The highest BCUT2D eigenvalue weighted by atomic mass is 35.5. The molecule has 0 radical (unpaired) electrons. The van der Waals surface area contributed by atoms with Gasteiger partial charge in [-0.1, -0.05) is 50.2 Å². The third-order valence-electron chi connectivity index (χ3n) is 5.21. The molecule has 0 bridgehead atoms. The van der Waals surface area contributed by atoms with Gasteiger partial charge in [-0.25, -0.2) is 4.98 Å². The maximum atomic E-state index is 13.2. The molecule has 0 aliphatic carbocycles. The molecule has 1 amide bonds. The minimum Gasteiger partial charge on any atom is -0.476 e. The molecule has 0 saturated carbocycles. The second-order valence-electron chi connectivity index (χ2n) is 7.12. The second kappa shape index (κ2) is 11.0. The Morgan fingerprint density at radius 2 is 1.70 bits per heavy atom. The summed E-state index contributed by atoms with van der Waals surface area (Å²) in [7, 11) is 0. The number of fused-ring (bicyclic) bond motifs is 1. The number of pyridine rings is 1. The fourth-order valence-electron chi connectivity index (χ4n) is 3.42. The molecule has 30 heavy (non-hydrogen) atoms. The zero-order valence-electron chi connectivity index (χ0n) is 18.1. The van der Waals surface area contributed by atoms with Crippen LogP contribution < -0.4 is 10.1 Å². The van der Waals surface area contributed by atoms with Gasteiger partial charge in [-0.3, -0.25) is 4.79 Å². The van der Waals surface area contributed by atoms with E-state index in [1.165, 1.54) is 0 Å². The van der Waals surface area contributed by atoms with Crippen molar-refractivity contribution < 1.29 is 9.53 Å². The molecular formula is C24H30ClN3O2. The number of halogens is 1. The van der Waals surface area contributed by atoms with Crippen molar-refractivity contribution in [2.24, 2.45) is 0 Å². The Hall–Kier alpha value is -2.63. The molecule has 5 nitrogen and oxygen atoms in total. The van der Waals surface area contributed by atoms with E-state index in [-0.39, 0.29) is 18.3 Å². The van der Waals surface area contributed by atoms with Crippen molar-refractivity contribution in [1.29, 1.82) is 0 Å². The topological polar surface area (TPSA) is 54.5 Å². The number of nitrogens with one attached hydrogen (secondary N) is 1. The normalized spacial score (nSPS) is 10.7. The number of likely N-dealkylation sites (N-methyl/N-ethyl adjacent to an activating group) is 1. The van der Waals surface area contributed by atoms with Gasteiger partial charge in [0.2, 0.25) is 5.88 Å². The van der Waals surface area contributed by atoms with E-state index in [2.05, 4.69) is 29.0 Å². The summed E-state index contributed by atoms with van der Waals surface area (Å²) in [6.07, 6.45) is 0. The summed E-state index contributed by atoms with van der Waals surface area (Å²) in [4.78, 5) is 20.0. The number of ether oxygens (including phenoxy) is 1. The number of carbonyl (C=O) groups is 1. The second-order valence-corrected chi connectivity index (χ2v) is 7.12. The summed E-state index contributed by atoms with van der Waals surface area (Å²) in [5, 5.41) is 3.89. The number of hydrogen-bond donors (Lipinski definition) is 1. The van der Waals surface area contributed by atoms with Crippen LogP contribution in [0.25, 0.3) is 10.9 Å². The molecule has 0 unspecified atom stereocenters. The van der Waals surface area contributed by atoms with Gasteiger partial charge in [0.1, 0.15) is 6.61 Å². The van der Waals surface area contributed by atoms with E-state index >= 15 is 0 Å². The molecule has 0 spiro atoms. The number of nitrogens with zero attached hydrogens (tertiary/aromatic N) is 2. The van der Waals surface area contributed by atoms with Crippen LogP contribution in [0.2, 0.25) is 0 Å². The van der Waals surface area contributed by atoms with Crippen LogP contribution in [-0.4, -0.2) is 42.0 Å². The highest BCUT2D eigenvalue weighted by Crippen LogP contribution is 2.25. The van der Waals surface area contributed by atoms with Gasteiger partial charge in [-0.15, -0.1) is 12.4 Å². The molecule has 0 atom stereocenters. The van der Waals surface area contributed by atoms with Crippen molar-refractivity contribution in [1.82, 2.24) is 9.88 Å². The van der Waals surface area contributed by atoms with Crippen molar-refractivity contribution in [3.05, 3.63) is 65.2 Å². The van der Waals surface area contributed by atoms with Crippen LogP contribution in [0, 0.1) is 13.8 Å². The van der Waals surface area contributed by atoms with E-state index in [0.29, 0.717) is 18.1 Å². The lowest BCUT2D eigenvalue weighted by Crippen LogP contribution is -2.28. The Morgan fingerprint density at radius 3 is 2.37 bits per heavy atom. The van der Waals surface area contributed by atoms with Gasteiger partial charge in [-0.05, 0) is 44.1 Å². The summed E-state index contributed by atoms with van der Waals surface area (Å²) in [6.45, 7) is 11.6. The Labute approximate surface area is 184 Å². The van der Waals surface area contributed by atoms with Crippen LogP contribution in [0.1, 0.15) is 35.3 Å².